The molecule has 3 fully saturated rings. The first-order valence-electron chi connectivity index (χ1n) is 16.8. The maximum absolute atomic E-state index is 14.6. The van der Waals surface area contributed by atoms with Crippen LogP contribution in [0.3, 0.4) is 0 Å². The quantitative estimate of drug-likeness (QED) is 0.198. The van der Waals surface area contributed by atoms with Gasteiger partial charge in [-0.15, -0.1) is 0 Å². The molecule has 1 aromatic heterocycles. The maximum atomic E-state index is 14.6. The molecule has 49 heavy (non-hydrogen) atoms. The largest absolute Gasteiger partial charge is 0.339 e. The van der Waals surface area contributed by atoms with Gasteiger partial charge in [-0.3, -0.25) is 14.5 Å². The number of amides is 1. The molecule has 0 radical (unpaired) electrons. The highest BCUT2D eigenvalue weighted by Gasteiger charge is 2.44. The van der Waals surface area contributed by atoms with Gasteiger partial charge in [0.05, 0.1) is 28.7 Å². The zero-order valence-electron chi connectivity index (χ0n) is 27.5. The third-order valence-electron chi connectivity index (χ3n) is 11.0. The first-order valence-corrected chi connectivity index (χ1v) is 18.6. The third kappa shape index (κ3) is 6.38. The van der Waals surface area contributed by atoms with Crippen LogP contribution >= 0.6 is 11.6 Å². The number of aryl methyl sites for hydroxylation is 1. The van der Waals surface area contributed by atoms with Gasteiger partial charge in [0.2, 0.25) is 0 Å². The Hall–Kier alpha value is -3.42. The van der Waals surface area contributed by atoms with Gasteiger partial charge in [-0.05, 0) is 106 Å². The number of aromatic nitrogens is 2. The number of benzene rings is 3. The lowest BCUT2D eigenvalue weighted by molar-refractivity contribution is 0.0606. The topological polar surface area (TPSA) is 96.8 Å². The SMILES string of the molecule is CONS(=O)(=O)c1cc(C(=O)N2CCC(CCN3[C@@H]4CC[C@H]3CC(n3c(C)nc5ccccc53)C4)(c3cccc(F)c3)CC2)c(Cl)cc1F. The van der Waals surface area contributed by atoms with E-state index < -0.39 is 26.6 Å². The van der Waals surface area contributed by atoms with E-state index in [-0.39, 0.29) is 21.8 Å². The molecule has 4 aromatic rings. The van der Waals surface area contributed by atoms with E-state index in [4.69, 9.17) is 16.6 Å². The van der Waals surface area contributed by atoms with Crippen LogP contribution in [-0.4, -0.2) is 72.5 Å². The molecule has 9 nitrogen and oxygen atoms in total. The van der Waals surface area contributed by atoms with Crippen molar-refractivity contribution in [2.75, 3.05) is 26.7 Å². The molecule has 1 N–H and O–H groups in total. The number of hydrogen-bond donors (Lipinski definition) is 1. The summed E-state index contributed by atoms with van der Waals surface area (Å²) in [7, 11) is -3.28. The summed E-state index contributed by atoms with van der Waals surface area (Å²) in [4.78, 5) is 28.3. The fraction of sp³-hybridized carbons (Fsp3) is 0.444. The van der Waals surface area contributed by atoms with Gasteiger partial charge in [0.1, 0.15) is 22.4 Å². The minimum absolute atomic E-state index is 0.113. The Morgan fingerprint density at radius 1 is 1.02 bits per heavy atom. The summed E-state index contributed by atoms with van der Waals surface area (Å²) in [5.74, 6) is -0.831. The van der Waals surface area contributed by atoms with Gasteiger partial charge in [0.25, 0.3) is 15.9 Å². The number of imidazole rings is 1. The predicted octanol–water partition coefficient (Wildman–Crippen LogP) is 6.55. The van der Waals surface area contributed by atoms with Gasteiger partial charge in [0.15, 0.2) is 0 Å². The average molecular weight is 712 g/mol. The molecule has 0 spiro atoms. The highest BCUT2D eigenvalue weighted by atomic mass is 35.5. The Kier molecular flexibility index (Phi) is 9.29. The highest BCUT2D eigenvalue weighted by molar-refractivity contribution is 7.89. The summed E-state index contributed by atoms with van der Waals surface area (Å²) in [6.07, 6.45) is 6.40. The van der Waals surface area contributed by atoms with Crippen LogP contribution in [0.4, 0.5) is 8.78 Å². The average Bonchev–Trinajstić information content (AvgIpc) is 3.53. The molecule has 3 atom stereocenters. The molecule has 0 saturated carbocycles. The van der Waals surface area contributed by atoms with Crippen molar-refractivity contribution in [2.45, 2.75) is 80.3 Å². The number of likely N-dealkylation sites (tertiary alicyclic amines) is 1. The number of nitrogens with zero attached hydrogens (tertiary/aromatic N) is 4. The smallest absolute Gasteiger partial charge is 0.265 e. The zero-order chi connectivity index (χ0) is 34.5. The van der Waals surface area contributed by atoms with Crippen LogP contribution in [0.15, 0.2) is 65.6 Å². The van der Waals surface area contributed by atoms with E-state index in [1.807, 2.05) is 12.1 Å². The molecule has 4 heterocycles. The highest BCUT2D eigenvalue weighted by Crippen LogP contribution is 2.45. The summed E-state index contributed by atoms with van der Waals surface area (Å²) in [5.41, 5.74) is 2.66. The zero-order valence-corrected chi connectivity index (χ0v) is 29.1. The summed E-state index contributed by atoms with van der Waals surface area (Å²) in [6.45, 7) is 3.66. The number of hydrogen-bond acceptors (Lipinski definition) is 6. The van der Waals surface area contributed by atoms with E-state index in [0.29, 0.717) is 44.1 Å². The number of para-hydroxylation sites is 2. The number of halogens is 3. The minimum Gasteiger partial charge on any atom is -0.339 e. The number of nitrogens with one attached hydrogen (secondary N) is 1. The van der Waals surface area contributed by atoms with Crippen molar-refractivity contribution >= 4 is 38.6 Å². The van der Waals surface area contributed by atoms with E-state index in [1.54, 1.807) is 21.9 Å². The number of piperidine rings is 2. The van der Waals surface area contributed by atoms with Crippen molar-refractivity contribution in [3.8, 4) is 0 Å². The number of fused-ring (bicyclic) bond motifs is 3. The third-order valence-corrected chi connectivity index (χ3v) is 12.6. The lowest BCUT2D eigenvalue weighted by atomic mass is 9.70. The van der Waals surface area contributed by atoms with Crippen molar-refractivity contribution in [3.05, 3.63) is 94.3 Å². The molecule has 1 unspecified atom stereocenters. The maximum Gasteiger partial charge on any atom is 0.265 e. The van der Waals surface area contributed by atoms with Crippen LogP contribution < -0.4 is 4.89 Å². The van der Waals surface area contributed by atoms with Crippen LogP contribution in [0.25, 0.3) is 11.0 Å². The number of rotatable bonds is 9. The molecule has 7 rings (SSSR count). The van der Waals surface area contributed by atoms with Crippen molar-refractivity contribution < 1.29 is 26.8 Å². The van der Waals surface area contributed by atoms with Gasteiger partial charge in [-0.25, -0.2) is 22.2 Å². The molecule has 3 aliphatic rings. The lowest BCUT2D eigenvalue weighted by Crippen LogP contribution is -2.49. The van der Waals surface area contributed by atoms with Gasteiger partial charge < -0.3 is 9.47 Å². The van der Waals surface area contributed by atoms with Crippen LogP contribution in [0.1, 0.15) is 72.7 Å². The van der Waals surface area contributed by atoms with Gasteiger partial charge in [0, 0.05) is 31.2 Å². The fourth-order valence-corrected chi connectivity index (χ4v) is 9.78. The van der Waals surface area contributed by atoms with Crippen LogP contribution in [-0.2, 0) is 20.3 Å². The summed E-state index contributed by atoms with van der Waals surface area (Å²) < 4.78 is 56.7. The van der Waals surface area contributed by atoms with Crippen LogP contribution in [0.5, 0.6) is 0 Å². The minimum atomic E-state index is -4.37. The monoisotopic (exact) mass is 711 g/mol. The van der Waals surface area contributed by atoms with E-state index in [2.05, 4.69) is 39.4 Å². The molecule has 3 saturated heterocycles. The summed E-state index contributed by atoms with van der Waals surface area (Å²) in [5, 5.41) is -0.182. The van der Waals surface area contributed by atoms with Crippen LogP contribution in [0, 0.1) is 18.6 Å². The number of carbonyl (C=O) groups excluding carboxylic acids is 1. The van der Waals surface area contributed by atoms with E-state index in [1.165, 1.54) is 11.6 Å². The predicted molar refractivity (Wildman–Crippen MR) is 183 cm³/mol. The normalized spacial score (nSPS) is 22.6. The molecule has 2 bridgehead atoms. The van der Waals surface area contributed by atoms with E-state index >= 15 is 0 Å². The van der Waals surface area contributed by atoms with Gasteiger partial charge in [-0.1, -0.05) is 40.8 Å². The van der Waals surface area contributed by atoms with E-state index in [0.717, 1.165) is 74.8 Å². The molecule has 260 valence electrons. The fourth-order valence-electron chi connectivity index (χ4n) is 8.65. The Labute approximate surface area is 290 Å². The van der Waals surface area contributed by atoms with Gasteiger partial charge in [-0.2, -0.15) is 0 Å². The number of carbonyl (C=O) groups is 1. The van der Waals surface area contributed by atoms with Crippen molar-refractivity contribution in [1.82, 2.24) is 24.2 Å². The van der Waals surface area contributed by atoms with E-state index in [9.17, 15) is 22.0 Å². The molecule has 0 aliphatic carbocycles. The molecule has 13 heteroatoms. The Morgan fingerprint density at radius 3 is 2.43 bits per heavy atom. The summed E-state index contributed by atoms with van der Waals surface area (Å²) in [6, 6.07) is 18.2. The molecule has 1 amide bonds. The van der Waals surface area contributed by atoms with Crippen LogP contribution in [0.2, 0.25) is 5.02 Å². The second-order valence-electron chi connectivity index (χ2n) is 13.7. The number of sulfonamides is 1. The Bertz CT molecular complexity index is 1980. The molecular weight excluding hydrogens is 672 g/mol. The summed E-state index contributed by atoms with van der Waals surface area (Å²) >= 11 is 6.27. The first kappa shape index (κ1) is 34.0. The Morgan fingerprint density at radius 2 is 1.73 bits per heavy atom. The Balaban J connectivity index is 1.09. The first-order chi connectivity index (χ1) is 23.5. The molecule has 3 aliphatic heterocycles. The van der Waals surface area contributed by atoms with Crippen molar-refractivity contribution in [3.63, 3.8) is 0 Å². The van der Waals surface area contributed by atoms with Crippen molar-refractivity contribution in [2.24, 2.45) is 0 Å². The van der Waals surface area contributed by atoms with Crippen molar-refractivity contribution in [1.29, 1.82) is 0 Å². The second-order valence-corrected chi connectivity index (χ2v) is 15.7. The second kappa shape index (κ2) is 13.4. The standard InChI is InChI=1S/C36H40ClF2N5O4S/c1-23-40-32-8-3-4-9-33(32)44(23)28-19-26-10-11-27(20-28)43(26)17-14-36(24-6-5-7-25(38)18-24)12-15-42(16-13-36)35(45)29-21-34(31(39)22-30(29)37)49(46,47)41-48-2/h3-9,18,21-22,26-28,41H,10-17,19-20H2,1-2H3/t26-,27+,28?. The van der Waals surface area contributed by atoms with Gasteiger partial charge >= 0.3 is 0 Å². The lowest BCUT2D eigenvalue weighted by Gasteiger charge is -2.45. The molecular formula is C36H40ClF2N5O4S. The molecule has 3 aromatic carbocycles.